The van der Waals surface area contributed by atoms with Crippen LogP contribution in [0.3, 0.4) is 0 Å². The van der Waals surface area contributed by atoms with E-state index in [1.165, 1.54) is 6.42 Å². The van der Waals surface area contributed by atoms with E-state index in [9.17, 15) is 4.79 Å². The van der Waals surface area contributed by atoms with Gasteiger partial charge < -0.3 is 15.7 Å². The second-order valence-electron chi connectivity index (χ2n) is 6.91. The zero-order chi connectivity index (χ0) is 15.3. The number of rotatable bonds is 5. The van der Waals surface area contributed by atoms with Crippen LogP contribution in [0.15, 0.2) is 12.2 Å². The Morgan fingerprint density at radius 2 is 2.10 bits per heavy atom. The molecule has 1 saturated heterocycles. The SMILES string of the molecule is C=C(C)CC1CCC(NC(=O)CC2(N)CCCCC2)[B]O1. The van der Waals surface area contributed by atoms with Crippen molar-refractivity contribution < 1.29 is 9.45 Å². The monoisotopic (exact) mass is 291 g/mol. The van der Waals surface area contributed by atoms with Crippen LogP contribution in [0.25, 0.3) is 0 Å². The Labute approximate surface area is 129 Å². The number of hydrogen-bond acceptors (Lipinski definition) is 3. The van der Waals surface area contributed by atoms with E-state index in [0.29, 0.717) is 6.42 Å². The molecule has 0 aromatic carbocycles. The van der Waals surface area contributed by atoms with Crippen LogP contribution in [0.5, 0.6) is 0 Å². The Balaban J connectivity index is 1.70. The largest absolute Gasteiger partial charge is 0.435 e. The number of nitrogens with two attached hydrogens (primary N) is 1. The van der Waals surface area contributed by atoms with Gasteiger partial charge in [0, 0.05) is 24.0 Å². The summed E-state index contributed by atoms with van der Waals surface area (Å²) in [4.78, 5) is 12.2. The van der Waals surface area contributed by atoms with Gasteiger partial charge in [0.15, 0.2) is 0 Å². The molecule has 1 radical (unpaired) electrons. The van der Waals surface area contributed by atoms with Gasteiger partial charge in [-0.05, 0) is 39.0 Å². The van der Waals surface area contributed by atoms with Crippen molar-refractivity contribution >= 4 is 13.4 Å². The molecule has 1 aliphatic heterocycles. The Bertz CT molecular complexity index is 372. The van der Waals surface area contributed by atoms with Crippen molar-refractivity contribution in [2.24, 2.45) is 5.73 Å². The highest BCUT2D eigenvalue weighted by Crippen LogP contribution is 2.28. The lowest BCUT2D eigenvalue weighted by atomic mass is 9.77. The lowest BCUT2D eigenvalue weighted by Gasteiger charge is -2.34. The average Bonchev–Trinajstić information content (AvgIpc) is 2.40. The molecule has 1 aliphatic carbocycles. The number of carbonyl (C=O) groups excluding carboxylic acids is 1. The minimum absolute atomic E-state index is 0.0195. The summed E-state index contributed by atoms with van der Waals surface area (Å²) in [5.41, 5.74) is 7.18. The molecule has 2 aliphatic rings. The van der Waals surface area contributed by atoms with Crippen molar-refractivity contribution in [3.63, 3.8) is 0 Å². The van der Waals surface area contributed by atoms with Crippen molar-refractivity contribution in [1.82, 2.24) is 5.32 Å². The van der Waals surface area contributed by atoms with E-state index in [1.807, 2.05) is 6.92 Å². The molecule has 4 nitrogen and oxygen atoms in total. The van der Waals surface area contributed by atoms with Gasteiger partial charge in [-0.15, -0.1) is 6.58 Å². The van der Waals surface area contributed by atoms with Crippen LogP contribution in [0.4, 0.5) is 0 Å². The highest BCUT2D eigenvalue weighted by atomic mass is 16.4. The molecule has 1 amide bonds. The van der Waals surface area contributed by atoms with Gasteiger partial charge in [0.05, 0.1) is 0 Å². The van der Waals surface area contributed by atoms with E-state index in [0.717, 1.165) is 50.5 Å². The van der Waals surface area contributed by atoms with Crippen molar-refractivity contribution in [3.8, 4) is 0 Å². The van der Waals surface area contributed by atoms with Crippen LogP contribution in [-0.2, 0) is 9.45 Å². The predicted molar refractivity (Wildman–Crippen MR) is 85.8 cm³/mol. The lowest BCUT2D eigenvalue weighted by Crippen LogP contribution is -2.50. The van der Waals surface area contributed by atoms with Crippen LogP contribution < -0.4 is 11.1 Å². The second kappa shape index (κ2) is 7.46. The summed E-state index contributed by atoms with van der Waals surface area (Å²) in [6.45, 7) is 5.93. The van der Waals surface area contributed by atoms with Gasteiger partial charge in [-0.2, -0.15) is 0 Å². The Morgan fingerprint density at radius 3 is 2.67 bits per heavy atom. The fourth-order valence-corrected chi connectivity index (χ4v) is 3.36. The first-order valence-electron chi connectivity index (χ1n) is 8.18. The highest BCUT2D eigenvalue weighted by molar-refractivity contribution is 6.30. The summed E-state index contributed by atoms with van der Waals surface area (Å²) in [6.07, 6.45) is 8.90. The minimum atomic E-state index is -0.291. The van der Waals surface area contributed by atoms with Gasteiger partial charge in [0.2, 0.25) is 5.91 Å². The van der Waals surface area contributed by atoms with Gasteiger partial charge in [-0.1, -0.05) is 24.8 Å². The maximum Gasteiger partial charge on any atom is 0.317 e. The molecule has 0 bridgehead atoms. The Hall–Kier alpha value is -0.805. The van der Waals surface area contributed by atoms with Gasteiger partial charge in [-0.25, -0.2) is 0 Å². The summed E-state index contributed by atoms with van der Waals surface area (Å²) in [5, 5.41) is 3.04. The quantitative estimate of drug-likeness (QED) is 0.603. The fourth-order valence-electron chi connectivity index (χ4n) is 3.36. The van der Waals surface area contributed by atoms with Crippen LogP contribution >= 0.6 is 0 Å². The summed E-state index contributed by atoms with van der Waals surface area (Å²) in [7, 11) is 1.78. The molecule has 2 fully saturated rings. The van der Waals surface area contributed by atoms with Crippen LogP contribution in [0, 0.1) is 0 Å². The second-order valence-corrected chi connectivity index (χ2v) is 6.91. The third-order valence-electron chi connectivity index (χ3n) is 4.52. The van der Waals surface area contributed by atoms with E-state index in [2.05, 4.69) is 11.9 Å². The summed E-state index contributed by atoms with van der Waals surface area (Å²) in [5.74, 6) is 0.0775. The molecule has 0 aromatic rings. The van der Waals surface area contributed by atoms with Gasteiger partial charge >= 0.3 is 7.48 Å². The molecule has 5 heteroatoms. The first-order valence-corrected chi connectivity index (χ1v) is 8.18. The molecule has 3 N–H and O–H groups in total. The van der Waals surface area contributed by atoms with E-state index in [1.54, 1.807) is 7.48 Å². The van der Waals surface area contributed by atoms with Crippen LogP contribution in [-0.4, -0.2) is 31.0 Å². The van der Waals surface area contributed by atoms with Crippen molar-refractivity contribution in [2.75, 3.05) is 0 Å². The number of hydrogen-bond donors (Lipinski definition) is 2. The zero-order valence-corrected chi connectivity index (χ0v) is 13.2. The summed E-state index contributed by atoms with van der Waals surface area (Å²) in [6, 6.07) is 0. The zero-order valence-electron chi connectivity index (χ0n) is 13.2. The molecular formula is C16H28BN2O2. The number of amides is 1. The molecular weight excluding hydrogens is 263 g/mol. The molecule has 117 valence electrons. The molecule has 21 heavy (non-hydrogen) atoms. The van der Waals surface area contributed by atoms with Gasteiger partial charge in [0.25, 0.3) is 0 Å². The van der Waals surface area contributed by atoms with Gasteiger partial charge in [0.1, 0.15) is 0 Å². The maximum absolute atomic E-state index is 12.2. The molecule has 2 unspecified atom stereocenters. The van der Waals surface area contributed by atoms with E-state index >= 15 is 0 Å². The lowest BCUT2D eigenvalue weighted by molar-refractivity contribution is -0.123. The van der Waals surface area contributed by atoms with Crippen molar-refractivity contribution in [2.45, 2.75) is 82.3 Å². The first-order chi connectivity index (χ1) is 9.97. The molecule has 0 spiro atoms. The van der Waals surface area contributed by atoms with Crippen LogP contribution in [0.1, 0.15) is 64.7 Å². The first kappa shape index (κ1) is 16.6. The molecule has 1 saturated carbocycles. The fraction of sp³-hybridized carbons (Fsp3) is 0.812. The number of nitrogens with one attached hydrogen (secondary N) is 1. The summed E-state index contributed by atoms with van der Waals surface area (Å²) >= 11 is 0. The van der Waals surface area contributed by atoms with E-state index in [4.69, 9.17) is 10.4 Å². The minimum Gasteiger partial charge on any atom is -0.435 e. The van der Waals surface area contributed by atoms with Crippen molar-refractivity contribution in [3.05, 3.63) is 12.2 Å². The number of carbonyl (C=O) groups is 1. The maximum atomic E-state index is 12.2. The predicted octanol–water partition coefficient (Wildman–Crippen LogP) is 2.24. The Kier molecular flexibility index (Phi) is 5.88. The topological polar surface area (TPSA) is 64.4 Å². The molecule has 2 atom stereocenters. The average molecular weight is 291 g/mol. The molecule has 1 heterocycles. The smallest absolute Gasteiger partial charge is 0.317 e. The molecule has 0 aromatic heterocycles. The van der Waals surface area contributed by atoms with E-state index in [-0.39, 0.29) is 23.5 Å². The third-order valence-corrected chi connectivity index (χ3v) is 4.52. The van der Waals surface area contributed by atoms with E-state index < -0.39 is 0 Å². The summed E-state index contributed by atoms with van der Waals surface area (Å²) < 4.78 is 5.69. The van der Waals surface area contributed by atoms with Crippen molar-refractivity contribution in [1.29, 1.82) is 0 Å². The standard InChI is InChI=1S/C16H28BN2O2/c1-12(2)10-13-6-7-14(17-21-13)19-15(20)11-16(18)8-4-3-5-9-16/h13-14H,1,3-11,18H2,2H3,(H,19,20). The highest BCUT2D eigenvalue weighted by Gasteiger charge is 2.31. The molecule has 2 rings (SSSR count). The normalized spacial score (nSPS) is 28.5. The third kappa shape index (κ3) is 5.48. The van der Waals surface area contributed by atoms with Gasteiger partial charge in [-0.3, -0.25) is 4.79 Å². The Morgan fingerprint density at radius 1 is 1.38 bits per heavy atom. The van der Waals surface area contributed by atoms with Crippen LogP contribution in [0.2, 0.25) is 0 Å².